The van der Waals surface area contributed by atoms with E-state index in [0.29, 0.717) is 5.69 Å². The van der Waals surface area contributed by atoms with E-state index in [1.54, 1.807) is 0 Å². The number of nitrogens with two attached hydrogens (primary N) is 1. The molecule has 4 heteroatoms. The number of benzene rings is 1. The number of nitrogens with zero attached hydrogens (tertiary/aromatic N) is 1. The molecule has 18 heavy (non-hydrogen) atoms. The summed E-state index contributed by atoms with van der Waals surface area (Å²) in [6, 6.07) is 5.78. The van der Waals surface area contributed by atoms with Gasteiger partial charge >= 0.3 is 0 Å². The monoisotopic (exact) mass is 245 g/mol. The lowest BCUT2D eigenvalue weighted by molar-refractivity contribution is -0.122. The summed E-state index contributed by atoms with van der Waals surface area (Å²) in [7, 11) is 0. The molecule has 1 fully saturated rings. The summed E-state index contributed by atoms with van der Waals surface area (Å²) in [5.74, 6) is 0.120. The van der Waals surface area contributed by atoms with Gasteiger partial charge in [-0.05, 0) is 50.0 Å². The molecule has 0 radical (unpaired) electrons. The normalized spacial score (nSPS) is 24.4. The van der Waals surface area contributed by atoms with E-state index >= 15 is 0 Å². The third-order valence-corrected chi connectivity index (χ3v) is 3.94. The highest BCUT2D eigenvalue weighted by Gasteiger charge is 2.31. The molecule has 3 rings (SSSR count). The van der Waals surface area contributed by atoms with Gasteiger partial charge in [0.25, 0.3) is 0 Å². The Hall–Kier alpha value is -1.55. The van der Waals surface area contributed by atoms with Gasteiger partial charge < -0.3 is 11.1 Å². The Balaban J connectivity index is 1.82. The minimum absolute atomic E-state index is 0.00132. The predicted octanol–water partition coefficient (Wildman–Crippen LogP) is 1.62. The number of piperidine rings is 1. The van der Waals surface area contributed by atoms with Crippen LogP contribution in [0.15, 0.2) is 18.2 Å². The number of carbonyl (C=O) groups is 1. The number of carbonyl (C=O) groups excluding carboxylic acids is 1. The SMILES string of the molecule is Nc1ccc2c(c1)NC(=O)C(N1CCCCC1)C2. The maximum atomic E-state index is 12.2. The molecule has 96 valence electrons. The zero-order valence-electron chi connectivity index (χ0n) is 10.5. The van der Waals surface area contributed by atoms with Crippen LogP contribution < -0.4 is 11.1 Å². The lowest BCUT2D eigenvalue weighted by atomic mass is 9.96. The van der Waals surface area contributed by atoms with Gasteiger partial charge in [0.15, 0.2) is 0 Å². The Morgan fingerprint density at radius 2 is 2.00 bits per heavy atom. The van der Waals surface area contributed by atoms with E-state index in [0.717, 1.165) is 25.2 Å². The summed E-state index contributed by atoms with van der Waals surface area (Å²) in [6.45, 7) is 2.09. The predicted molar refractivity (Wildman–Crippen MR) is 72.4 cm³/mol. The number of hydrogen-bond acceptors (Lipinski definition) is 3. The van der Waals surface area contributed by atoms with Crippen molar-refractivity contribution in [3.05, 3.63) is 23.8 Å². The number of nitrogen functional groups attached to an aromatic ring is 1. The fraction of sp³-hybridized carbons (Fsp3) is 0.500. The molecule has 0 spiro atoms. The molecule has 0 aromatic heterocycles. The highest BCUT2D eigenvalue weighted by Crippen LogP contribution is 2.27. The summed E-state index contributed by atoms with van der Waals surface area (Å²) >= 11 is 0. The van der Waals surface area contributed by atoms with Gasteiger partial charge in [-0.2, -0.15) is 0 Å². The molecule has 1 aromatic carbocycles. The summed E-state index contributed by atoms with van der Waals surface area (Å²) in [5, 5.41) is 2.99. The summed E-state index contributed by atoms with van der Waals surface area (Å²) < 4.78 is 0. The van der Waals surface area contributed by atoms with Gasteiger partial charge in [-0.25, -0.2) is 0 Å². The lowest BCUT2D eigenvalue weighted by Gasteiger charge is -2.36. The van der Waals surface area contributed by atoms with Crippen molar-refractivity contribution >= 4 is 17.3 Å². The minimum Gasteiger partial charge on any atom is -0.399 e. The van der Waals surface area contributed by atoms with Crippen LogP contribution in [0.4, 0.5) is 11.4 Å². The van der Waals surface area contributed by atoms with E-state index in [2.05, 4.69) is 10.2 Å². The standard InChI is InChI=1S/C14H19N3O/c15-11-5-4-10-8-13(14(18)16-12(10)9-11)17-6-2-1-3-7-17/h4-5,9,13H,1-3,6-8,15H2,(H,16,18). The summed E-state index contributed by atoms with van der Waals surface area (Å²) in [6.07, 6.45) is 4.51. The molecule has 4 nitrogen and oxygen atoms in total. The van der Waals surface area contributed by atoms with Crippen molar-refractivity contribution in [3.8, 4) is 0 Å². The maximum Gasteiger partial charge on any atom is 0.242 e. The van der Waals surface area contributed by atoms with Crippen LogP contribution in [0.2, 0.25) is 0 Å². The largest absolute Gasteiger partial charge is 0.399 e. The number of nitrogens with one attached hydrogen (secondary N) is 1. The molecule has 2 heterocycles. The van der Waals surface area contributed by atoms with Gasteiger partial charge in [-0.1, -0.05) is 12.5 Å². The summed E-state index contributed by atoms with van der Waals surface area (Å²) in [5.41, 5.74) is 8.52. The van der Waals surface area contributed by atoms with Crippen LogP contribution in [0.25, 0.3) is 0 Å². The van der Waals surface area contributed by atoms with Crippen LogP contribution in [-0.2, 0) is 11.2 Å². The number of fused-ring (bicyclic) bond motifs is 1. The van der Waals surface area contributed by atoms with Crippen LogP contribution in [-0.4, -0.2) is 29.9 Å². The van der Waals surface area contributed by atoms with Gasteiger partial charge in [0.1, 0.15) is 0 Å². The summed E-state index contributed by atoms with van der Waals surface area (Å²) in [4.78, 5) is 14.5. The van der Waals surface area contributed by atoms with Crippen LogP contribution in [0.5, 0.6) is 0 Å². The first-order chi connectivity index (χ1) is 8.74. The Labute approximate surface area is 107 Å². The number of likely N-dealkylation sites (tertiary alicyclic amines) is 1. The molecule has 3 N–H and O–H groups in total. The van der Waals surface area contributed by atoms with Crippen molar-refractivity contribution in [2.75, 3.05) is 24.1 Å². The molecule has 0 bridgehead atoms. The highest BCUT2D eigenvalue weighted by atomic mass is 16.2. The quantitative estimate of drug-likeness (QED) is 0.739. The van der Waals surface area contributed by atoms with Crippen molar-refractivity contribution < 1.29 is 4.79 Å². The van der Waals surface area contributed by atoms with Crippen molar-refractivity contribution in [1.29, 1.82) is 0 Å². The Kier molecular flexibility index (Phi) is 2.96. The van der Waals surface area contributed by atoms with Gasteiger partial charge in [-0.15, -0.1) is 0 Å². The third kappa shape index (κ3) is 2.08. The van der Waals surface area contributed by atoms with Crippen LogP contribution in [0, 0.1) is 0 Å². The first kappa shape index (κ1) is 11.5. The number of hydrogen-bond donors (Lipinski definition) is 2. The maximum absolute atomic E-state index is 12.2. The van der Waals surface area contributed by atoms with Gasteiger partial charge in [0.05, 0.1) is 6.04 Å². The first-order valence-electron chi connectivity index (χ1n) is 6.67. The van der Waals surface area contributed by atoms with E-state index < -0.39 is 0 Å². The Bertz CT molecular complexity index is 466. The molecule has 2 aliphatic heterocycles. The van der Waals surface area contributed by atoms with Gasteiger partial charge in [0.2, 0.25) is 5.91 Å². The molecule has 1 aromatic rings. The second-order valence-corrected chi connectivity index (χ2v) is 5.22. The van der Waals surface area contributed by atoms with E-state index in [1.807, 2.05) is 18.2 Å². The highest BCUT2D eigenvalue weighted by molar-refractivity contribution is 5.98. The van der Waals surface area contributed by atoms with Crippen LogP contribution in [0.1, 0.15) is 24.8 Å². The van der Waals surface area contributed by atoms with Crippen LogP contribution >= 0.6 is 0 Å². The van der Waals surface area contributed by atoms with E-state index in [1.165, 1.54) is 24.8 Å². The second-order valence-electron chi connectivity index (χ2n) is 5.22. The average Bonchev–Trinajstić information content (AvgIpc) is 2.39. The molecular formula is C14H19N3O. The van der Waals surface area contributed by atoms with E-state index in [9.17, 15) is 4.79 Å². The zero-order chi connectivity index (χ0) is 12.5. The van der Waals surface area contributed by atoms with Crippen molar-refractivity contribution in [3.63, 3.8) is 0 Å². The zero-order valence-corrected chi connectivity index (χ0v) is 10.5. The number of anilines is 2. The molecule has 1 saturated heterocycles. The first-order valence-corrected chi connectivity index (χ1v) is 6.67. The van der Waals surface area contributed by atoms with Crippen molar-refractivity contribution in [2.45, 2.75) is 31.7 Å². The van der Waals surface area contributed by atoms with Crippen molar-refractivity contribution in [2.24, 2.45) is 0 Å². The van der Waals surface area contributed by atoms with Gasteiger partial charge in [-0.3, -0.25) is 9.69 Å². The van der Waals surface area contributed by atoms with E-state index in [-0.39, 0.29) is 11.9 Å². The fourth-order valence-electron chi connectivity index (χ4n) is 2.93. The molecule has 2 aliphatic rings. The van der Waals surface area contributed by atoms with E-state index in [4.69, 9.17) is 5.73 Å². The topological polar surface area (TPSA) is 58.4 Å². The molecule has 1 amide bonds. The second kappa shape index (κ2) is 4.61. The molecular weight excluding hydrogens is 226 g/mol. The van der Waals surface area contributed by atoms with Crippen molar-refractivity contribution in [1.82, 2.24) is 4.90 Å². The minimum atomic E-state index is 0.00132. The fourth-order valence-corrected chi connectivity index (χ4v) is 2.93. The average molecular weight is 245 g/mol. The lowest BCUT2D eigenvalue weighted by Crippen LogP contribution is -2.49. The molecule has 0 saturated carbocycles. The Morgan fingerprint density at radius 3 is 2.78 bits per heavy atom. The molecule has 1 atom stereocenters. The third-order valence-electron chi connectivity index (χ3n) is 3.94. The smallest absolute Gasteiger partial charge is 0.242 e. The van der Waals surface area contributed by atoms with Crippen LogP contribution in [0.3, 0.4) is 0 Å². The number of amides is 1. The number of rotatable bonds is 1. The molecule has 0 aliphatic carbocycles. The molecule has 1 unspecified atom stereocenters. The van der Waals surface area contributed by atoms with Gasteiger partial charge in [0, 0.05) is 11.4 Å². The Morgan fingerprint density at radius 1 is 1.22 bits per heavy atom.